The second-order valence-corrected chi connectivity index (χ2v) is 9.25. The molecule has 7 nitrogen and oxygen atoms in total. The van der Waals surface area contributed by atoms with Gasteiger partial charge in [-0.3, -0.25) is 14.4 Å². The van der Waals surface area contributed by atoms with E-state index in [-0.39, 0.29) is 24.3 Å². The van der Waals surface area contributed by atoms with E-state index in [0.717, 1.165) is 11.1 Å². The molecule has 3 amide bonds. The molecule has 3 aromatic rings. The number of aliphatic hydroxyl groups excluding tert-OH is 1. The first-order valence-corrected chi connectivity index (χ1v) is 11.8. The van der Waals surface area contributed by atoms with E-state index in [1.807, 2.05) is 24.3 Å². The van der Waals surface area contributed by atoms with Gasteiger partial charge >= 0.3 is 0 Å². The number of hydrogen-bond acceptors (Lipinski definition) is 4. The Morgan fingerprint density at radius 3 is 2.49 bits per heavy atom. The standard InChI is InChI=1S/C27H24ClN3O4/c28-19-9-6-16(7-10-19)18-8-11-22-21(14-18)27(35)31-13-12-20(15-23(31)25(33)30-22)29-26(34)24(32)17-4-2-1-3-5-17/h1-11,14,20,23-24,32H,12-13,15H2,(H,29,34)(H,30,33). The minimum Gasteiger partial charge on any atom is -0.378 e. The molecule has 3 atom stereocenters. The molecule has 35 heavy (non-hydrogen) atoms. The first kappa shape index (κ1) is 23.1. The molecule has 5 rings (SSSR count). The van der Waals surface area contributed by atoms with Crippen LogP contribution in [0.4, 0.5) is 5.69 Å². The number of nitrogens with one attached hydrogen (secondary N) is 2. The topological polar surface area (TPSA) is 98.7 Å². The molecule has 3 aromatic carbocycles. The molecule has 3 unspecified atom stereocenters. The SMILES string of the molecule is O=C(NC1CCN2C(=O)c3cc(-c4ccc(Cl)cc4)ccc3NC(=O)C2C1)C(O)c1ccccc1. The van der Waals surface area contributed by atoms with Gasteiger partial charge in [-0.05, 0) is 53.8 Å². The van der Waals surface area contributed by atoms with Gasteiger partial charge in [0.05, 0.1) is 11.3 Å². The number of carbonyl (C=O) groups is 3. The summed E-state index contributed by atoms with van der Waals surface area (Å²) in [4.78, 5) is 40.7. The first-order chi connectivity index (χ1) is 16.9. The normalized spacial score (nSPS) is 20.2. The third kappa shape index (κ3) is 4.65. The summed E-state index contributed by atoms with van der Waals surface area (Å²) in [5.41, 5.74) is 3.15. The van der Waals surface area contributed by atoms with E-state index in [2.05, 4.69) is 10.6 Å². The Kier molecular flexibility index (Phi) is 6.28. The Balaban J connectivity index is 1.33. The van der Waals surface area contributed by atoms with E-state index in [4.69, 9.17) is 11.6 Å². The van der Waals surface area contributed by atoms with Crippen molar-refractivity contribution in [3.05, 3.63) is 88.9 Å². The van der Waals surface area contributed by atoms with Crippen LogP contribution in [0.2, 0.25) is 5.02 Å². The highest BCUT2D eigenvalue weighted by atomic mass is 35.5. The summed E-state index contributed by atoms with van der Waals surface area (Å²) < 4.78 is 0. The molecule has 0 aliphatic carbocycles. The van der Waals surface area contributed by atoms with Gasteiger partial charge in [-0.25, -0.2) is 0 Å². The lowest BCUT2D eigenvalue weighted by Gasteiger charge is -2.37. The largest absolute Gasteiger partial charge is 0.378 e. The summed E-state index contributed by atoms with van der Waals surface area (Å²) >= 11 is 5.99. The summed E-state index contributed by atoms with van der Waals surface area (Å²) in [5, 5.41) is 16.7. The van der Waals surface area contributed by atoms with Crippen LogP contribution in [0, 0.1) is 0 Å². The molecule has 0 aromatic heterocycles. The highest BCUT2D eigenvalue weighted by Crippen LogP contribution is 2.32. The van der Waals surface area contributed by atoms with Crippen LogP contribution in [-0.2, 0) is 9.59 Å². The quantitative estimate of drug-likeness (QED) is 0.519. The third-order valence-corrected chi connectivity index (χ3v) is 6.81. The highest BCUT2D eigenvalue weighted by Gasteiger charge is 2.40. The number of rotatable bonds is 4. The van der Waals surface area contributed by atoms with Crippen LogP contribution in [0.15, 0.2) is 72.8 Å². The van der Waals surface area contributed by atoms with Crippen LogP contribution in [0.5, 0.6) is 0 Å². The lowest BCUT2D eigenvalue weighted by molar-refractivity contribution is -0.131. The van der Waals surface area contributed by atoms with Gasteiger partial charge in [-0.15, -0.1) is 0 Å². The Labute approximate surface area is 207 Å². The van der Waals surface area contributed by atoms with Crippen molar-refractivity contribution >= 4 is 35.0 Å². The number of aliphatic hydroxyl groups is 1. The molecule has 2 aliphatic heterocycles. The van der Waals surface area contributed by atoms with Crippen molar-refractivity contribution in [3.8, 4) is 11.1 Å². The second kappa shape index (κ2) is 9.52. The Bertz CT molecular complexity index is 1280. The average Bonchev–Trinajstić information content (AvgIpc) is 2.98. The van der Waals surface area contributed by atoms with Gasteiger partial charge < -0.3 is 20.6 Å². The number of carbonyl (C=O) groups excluding carboxylic acids is 3. The van der Waals surface area contributed by atoms with Gasteiger partial charge in [0.15, 0.2) is 6.10 Å². The van der Waals surface area contributed by atoms with E-state index in [9.17, 15) is 19.5 Å². The van der Waals surface area contributed by atoms with Crippen LogP contribution >= 0.6 is 11.6 Å². The molecule has 3 N–H and O–H groups in total. The molecular formula is C27H24ClN3O4. The van der Waals surface area contributed by atoms with Crippen molar-refractivity contribution in [1.82, 2.24) is 10.2 Å². The predicted molar refractivity (Wildman–Crippen MR) is 133 cm³/mol. The number of hydrogen-bond donors (Lipinski definition) is 3. The lowest BCUT2D eigenvalue weighted by atomic mass is 9.95. The summed E-state index contributed by atoms with van der Waals surface area (Å²) in [6.07, 6.45) is -0.549. The zero-order valence-electron chi connectivity index (χ0n) is 18.8. The van der Waals surface area contributed by atoms with Crippen molar-refractivity contribution in [2.24, 2.45) is 0 Å². The van der Waals surface area contributed by atoms with Crippen LogP contribution in [0.3, 0.4) is 0 Å². The molecule has 178 valence electrons. The van der Waals surface area contributed by atoms with Gasteiger partial charge in [0, 0.05) is 17.6 Å². The fourth-order valence-electron chi connectivity index (χ4n) is 4.68. The van der Waals surface area contributed by atoms with Crippen molar-refractivity contribution < 1.29 is 19.5 Å². The zero-order chi connectivity index (χ0) is 24.5. The highest BCUT2D eigenvalue weighted by molar-refractivity contribution is 6.30. The summed E-state index contributed by atoms with van der Waals surface area (Å²) in [5.74, 6) is -1.04. The zero-order valence-corrected chi connectivity index (χ0v) is 19.5. The van der Waals surface area contributed by atoms with Crippen LogP contribution in [0.1, 0.15) is 34.9 Å². The van der Waals surface area contributed by atoms with Crippen molar-refractivity contribution in [1.29, 1.82) is 0 Å². The minimum atomic E-state index is -1.30. The Morgan fingerprint density at radius 2 is 1.74 bits per heavy atom. The molecule has 0 spiro atoms. The molecule has 0 radical (unpaired) electrons. The fraction of sp³-hybridized carbons (Fsp3) is 0.222. The van der Waals surface area contributed by atoms with E-state index in [0.29, 0.717) is 34.8 Å². The number of halogens is 1. The van der Waals surface area contributed by atoms with Gasteiger partial charge in [0.2, 0.25) is 5.91 Å². The summed E-state index contributed by atoms with van der Waals surface area (Å²) in [6.45, 7) is 0.313. The molecular weight excluding hydrogens is 466 g/mol. The van der Waals surface area contributed by atoms with Gasteiger partial charge in [0.1, 0.15) is 6.04 Å². The number of benzene rings is 3. The van der Waals surface area contributed by atoms with Crippen molar-refractivity contribution in [2.75, 3.05) is 11.9 Å². The molecule has 0 bridgehead atoms. The predicted octanol–water partition coefficient (Wildman–Crippen LogP) is 3.78. The number of piperidine rings is 1. The molecule has 1 fully saturated rings. The van der Waals surface area contributed by atoms with E-state index in [1.165, 1.54) is 0 Å². The summed E-state index contributed by atoms with van der Waals surface area (Å²) in [6, 6.07) is 20.3. The first-order valence-electron chi connectivity index (χ1n) is 11.5. The molecule has 2 heterocycles. The fourth-order valence-corrected chi connectivity index (χ4v) is 4.80. The number of anilines is 1. The minimum absolute atomic E-state index is 0.228. The van der Waals surface area contributed by atoms with Gasteiger partial charge in [0.25, 0.3) is 11.8 Å². The molecule has 1 saturated heterocycles. The van der Waals surface area contributed by atoms with E-state index < -0.39 is 18.1 Å². The summed E-state index contributed by atoms with van der Waals surface area (Å²) in [7, 11) is 0. The maximum Gasteiger partial charge on any atom is 0.256 e. The number of nitrogens with zero attached hydrogens (tertiary/aromatic N) is 1. The lowest BCUT2D eigenvalue weighted by Crippen LogP contribution is -2.55. The Hall–Kier alpha value is -3.68. The van der Waals surface area contributed by atoms with E-state index >= 15 is 0 Å². The maximum atomic E-state index is 13.5. The smallest absolute Gasteiger partial charge is 0.256 e. The number of fused-ring (bicyclic) bond motifs is 2. The van der Waals surface area contributed by atoms with Gasteiger partial charge in [-0.1, -0.05) is 60.1 Å². The average molecular weight is 490 g/mol. The van der Waals surface area contributed by atoms with E-state index in [1.54, 1.807) is 53.4 Å². The third-order valence-electron chi connectivity index (χ3n) is 6.56. The number of amides is 3. The van der Waals surface area contributed by atoms with Crippen LogP contribution < -0.4 is 10.6 Å². The van der Waals surface area contributed by atoms with Crippen molar-refractivity contribution in [2.45, 2.75) is 31.0 Å². The maximum absolute atomic E-state index is 13.5. The van der Waals surface area contributed by atoms with Gasteiger partial charge in [-0.2, -0.15) is 0 Å². The second-order valence-electron chi connectivity index (χ2n) is 8.81. The Morgan fingerprint density at radius 1 is 1.03 bits per heavy atom. The molecule has 8 heteroatoms. The van der Waals surface area contributed by atoms with Crippen molar-refractivity contribution in [3.63, 3.8) is 0 Å². The monoisotopic (exact) mass is 489 g/mol. The van der Waals surface area contributed by atoms with Crippen LogP contribution in [0.25, 0.3) is 11.1 Å². The molecule has 0 saturated carbocycles. The van der Waals surface area contributed by atoms with Crippen LogP contribution in [-0.4, -0.2) is 46.4 Å². The molecule has 2 aliphatic rings.